The molecule has 3 heterocycles. The van der Waals surface area contributed by atoms with Crippen LogP contribution in [0.15, 0.2) is 0 Å². The number of aliphatic hydroxyl groups excluding tert-OH is 1. The molecule has 3 rings (SSSR count). The molecule has 0 bridgehead atoms. The molecule has 0 amide bonds. The minimum Gasteiger partial charge on any atom is -0.396 e. The van der Waals surface area contributed by atoms with E-state index < -0.39 is 0 Å². The molecule has 2 fully saturated rings. The van der Waals surface area contributed by atoms with Gasteiger partial charge in [0.25, 0.3) is 0 Å². The van der Waals surface area contributed by atoms with Crippen LogP contribution >= 0.6 is 11.3 Å². The van der Waals surface area contributed by atoms with Gasteiger partial charge in [-0.05, 0) is 32.5 Å². The van der Waals surface area contributed by atoms with E-state index >= 15 is 0 Å². The highest BCUT2D eigenvalue weighted by Crippen LogP contribution is 2.32. The average molecular weight is 354 g/mol. The summed E-state index contributed by atoms with van der Waals surface area (Å²) >= 11 is 1.70. The van der Waals surface area contributed by atoms with Crippen LogP contribution in [0.1, 0.15) is 31.2 Å². The number of nitrogens with zero attached hydrogens (tertiary/aromatic N) is 5. The van der Waals surface area contributed by atoms with E-state index in [9.17, 15) is 5.11 Å². The monoisotopic (exact) mass is 353 g/mol. The Bertz CT molecular complexity index is 523. The topological polar surface area (TPSA) is 55.7 Å². The fourth-order valence-corrected chi connectivity index (χ4v) is 4.57. The lowest BCUT2D eigenvalue weighted by molar-refractivity contribution is 0.165. The maximum absolute atomic E-state index is 9.84. The van der Waals surface area contributed by atoms with Crippen LogP contribution in [-0.2, 0) is 0 Å². The van der Waals surface area contributed by atoms with E-state index in [4.69, 9.17) is 0 Å². The van der Waals surface area contributed by atoms with Crippen molar-refractivity contribution in [3.8, 4) is 0 Å². The molecule has 2 aliphatic rings. The average Bonchev–Trinajstić information content (AvgIpc) is 3.14. The Labute approximate surface area is 149 Å². The van der Waals surface area contributed by atoms with E-state index in [2.05, 4.69) is 45.8 Å². The fraction of sp³-hybridized carbons (Fsp3) is 0.882. The van der Waals surface area contributed by atoms with Crippen molar-refractivity contribution < 1.29 is 5.11 Å². The minimum absolute atomic E-state index is 0.269. The van der Waals surface area contributed by atoms with E-state index in [0.29, 0.717) is 17.8 Å². The first-order valence-electron chi connectivity index (χ1n) is 9.17. The van der Waals surface area contributed by atoms with Crippen LogP contribution in [0.2, 0.25) is 0 Å². The Morgan fingerprint density at radius 3 is 2.62 bits per heavy atom. The molecule has 136 valence electrons. The Hall–Kier alpha value is -0.760. The van der Waals surface area contributed by atoms with Crippen molar-refractivity contribution in [1.82, 2.24) is 20.0 Å². The van der Waals surface area contributed by atoms with Crippen molar-refractivity contribution in [2.24, 2.45) is 11.8 Å². The second-order valence-electron chi connectivity index (χ2n) is 7.64. The van der Waals surface area contributed by atoms with Crippen LogP contribution in [0.3, 0.4) is 0 Å². The standard InChI is InChI=1S/C17H31N5OS/c1-13(2)16-18-19-17(24-16)22-10-14(15(11-22)12-23)9-21-6-4-5-20(3)7-8-21/h13-15,23H,4-12H2,1-3H3/t14-,15-/m1/s1. The third-order valence-electron chi connectivity index (χ3n) is 5.31. The number of likely N-dealkylation sites (N-methyl/N-ethyl adjacent to an activating group) is 1. The largest absolute Gasteiger partial charge is 0.396 e. The molecule has 2 aliphatic heterocycles. The van der Waals surface area contributed by atoms with Crippen molar-refractivity contribution >= 4 is 16.5 Å². The van der Waals surface area contributed by atoms with E-state index in [1.165, 1.54) is 19.5 Å². The molecule has 2 saturated heterocycles. The summed E-state index contributed by atoms with van der Waals surface area (Å²) in [6.45, 7) is 12.2. The molecule has 1 N–H and O–H groups in total. The molecule has 0 saturated carbocycles. The summed E-state index contributed by atoms with van der Waals surface area (Å²) in [6, 6.07) is 0. The zero-order valence-electron chi connectivity index (χ0n) is 15.2. The van der Waals surface area contributed by atoms with Gasteiger partial charge in [-0.25, -0.2) is 0 Å². The highest BCUT2D eigenvalue weighted by Gasteiger charge is 2.35. The highest BCUT2D eigenvalue weighted by molar-refractivity contribution is 7.15. The lowest BCUT2D eigenvalue weighted by Gasteiger charge is -2.26. The van der Waals surface area contributed by atoms with Crippen molar-refractivity contribution in [3.05, 3.63) is 5.01 Å². The zero-order valence-corrected chi connectivity index (χ0v) is 16.0. The number of anilines is 1. The summed E-state index contributed by atoms with van der Waals surface area (Å²) in [6.07, 6.45) is 1.24. The van der Waals surface area contributed by atoms with Crippen LogP contribution in [0.25, 0.3) is 0 Å². The molecule has 2 atom stereocenters. The summed E-state index contributed by atoms with van der Waals surface area (Å²) in [5, 5.41) is 20.7. The number of aromatic nitrogens is 2. The smallest absolute Gasteiger partial charge is 0.208 e. The molecule has 6 nitrogen and oxygen atoms in total. The number of rotatable bonds is 5. The second kappa shape index (κ2) is 8.08. The molecule has 0 radical (unpaired) electrons. The van der Waals surface area contributed by atoms with Gasteiger partial charge in [-0.15, -0.1) is 10.2 Å². The van der Waals surface area contributed by atoms with Crippen molar-refractivity contribution in [2.75, 3.05) is 64.4 Å². The third-order valence-corrected chi connectivity index (χ3v) is 6.59. The first-order valence-corrected chi connectivity index (χ1v) is 9.98. The van der Waals surface area contributed by atoms with Crippen LogP contribution in [0, 0.1) is 11.8 Å². The molecular weight excluding hydrogens is 322 g/mol. The first kappa shape index (κ1) is 18.0. The SMILES string of the molecule is CC(C)c1nnc(N2C[C@@H](CN3CCCN(C)CC3)[C@@H](CO)C2)s1. The van der Waals surface area contributed by atoms with Gasteiger partial charge in [0, 0.05) is 51.2 Å². The maximum Gasteiger partial charge on any atom is 0.208 e. The Kier molecular flexibility index (Phi) is 6.07. The Morgan fingerprint density at radius 1 is 1.12 bits per heavy atom. The summed E-state index contributed by atoms with van der Waals surface area (Å²) in [4.78, 5) is 7.33. The van der Waals surface area contributed by atoms with Gasteiger partial charge in [0.15, 0.2) is 0 Å². The summed E-state index contributed by atoms with van der Waals surface area (Å²) in [7, 11) is 2.21. The zero-order chi connectivity index (χ0) is 17.1. The van der Waals surface area contributed by atoms with Gasteiger partial charge in [0.1, 0.15) is 5.01 Å². The van der Waals surface area contributed by atoms with Gasteiger partial charge >= 0.3 is 0 Å². The van der Waals surface area contributed by atoms with Gasteiger partial charge in [-0.1, -0.05) is 25.2 Å². The highest BCUT2D eigenvalue weighted by atomic mass is 32.1. The van der Waals surface area contributed by atoms with E-state index in [1.807, 2.05) is 0 Å². The van der Waals surface area contributed by atoms with E-state index in [0.717, 1.165) is 42.9 Å². The second-order valence-corrected chi connectivity index (χ2v) is 8.63. The van der Waals surface area contributed by atoms with Crippen LogP contribution < -0.4 is 4.90 Å². The van der Waals surface area contributed by atoms with Crippen molar-refractivity contribution in [1.29, 1.82) is 0 Å². The molecule has 0 spiro atoms. The van der Waals surface area contributed by atoms with Crippen molar-refractivity contribution in [2.45, 2.75) is 26.2 Å². The molecule has 1 aromatic heterocycles. The first-order chi connectivity index (χ1) is 11.6. The Morgan fingerprint density at radius 2 is 1.92 bits per heavy atom. The molecule has 24 heavy (non-hydrogen) atoms. The lowest BCUT2D eigenvalue weighted by atomic mass is 9.96. The predicted octanol–water partition coefficient (Wildman–Crippen LogP) is 1.34. The maximum atomic E-state index is 9.84. The fourth-order valence-electron chi connectivity index (χ4n) is 3.71. The van der Waals surface area contributed by atoms with Crippen LogP contribution in [-0.4, -0.2) is 84.6 Å². The van der Waals surface area contributed by atoms with E-state index in [-0.39, 0.29) is 6.61 Å². The van der Waals surface area contributed by atoms with Crippen LogP contribution in [0.4, 0.5) is 5.13 Å². The minimum atomic E-state index is 0.269. The molecule has 1 aromatic rings. The molecule has 0 aromatic carbocycles. The number of hydrogen-bond donors (Lipinski definition) is 1. The van der Waals surface area contributed by atoms with Gasteiger partial charge in [-0.3, -0.25) is 0 Å². The molecule has 0 aliphatic carbocycles. The summed E-state index contributed by atoms with van der Waals surface area (Å²) < 4.78 is 0. The van der Waals surface area contributed by atoms with Crippen molar-refractivity contribution in [3.63, 3.8) is 0 Å². The van der Waals surface area contributed by atoms with Crippen LogP contribution in [0.5, 0.6) is 0 Å². The number of hydrogen-bond acceptors (Lipinski definition) is 7. The molecule has 7 heteroatoms. The van der Waals surface area contributed by atoms with E-state index in [1.54, 1.807) is 11.3 Å². The van der Waals surface area contributed by atoms with Gasteiger partial charge < -0.3 is 19.8 Å². The Balaban J connectivity index is 1.61. The normalized spacial score (nSPS) is 27.1. The summed E-state index contributed by atoms with van der Waals surface area (Å²) in [5.41, 5.74) is 0. The lowest BCUT2D eigenvalue weighted by Crippen LogP contribution is -2.36. The summed E-state index contributed by atoms with van der Waals surface area (Å²) in [5.74, 6) is 1.29. The quantitative estimate of drug-likeness (QED) is 0.862. The van der Waals surface area contributed by atoms with Gasteiger partial charge in [0.2, 0.25) is 5.13 Å². The molecular formula is C17H31N5OS. The predicted molar refractivity (Wildman–Crippen MR) is 98.8 cm³/mol. The third kappa shape index (κ3) is 4.25. The number of aliphatic hydroxyl groups is 1. The molecule has 0 unspecified atom stereocenters. The van der Waals surface area contributed by atoms with Gasteiger partial charge in [-0.2, -0.15) is 0 Å². The van der Waals surface area contributed by atoms with Gasteiger partial charge in [0.05, 0.1) is 0 Å².